The van der Waals surface area contributed by atoms with E-state index in [1.807, 2.05) is 11.6 Å². The van der Waals surface area contributed by atoms with Gasteiger partial charge in [-0.2, -0.15) is 58.0 Å². The molecular formula is C75H57B2Cl2F6N10OPPt2-4. The predicted octanol–water partition coefficient (Wildman–Crippen LogP) is 17.3. The first kappa shape index (κ1) is 67.3. The van der Waals surface area contributed by atoms with Gasteiger partial charge < -0.3 is 24.2 Å². The number of anilines is 7. The normalized spacial score (nSPS) is 13.7. The molecule has 3 aromatic heterocycles. The van der Waals surface area contributed by atoms with Gasteiger partial charge in [0.15, 0.2) is 11.0 Å². The van der Waals surface area contributed by atoms with Gasteiger partial charge in [-0.05, 0) is 147 Å². The molecule has 11 nitrogen and oxygen atoms in total. The van der Waals surface area contributed by atoms with Crippen LogP contribution >= 0.6 is 26.6 Å². The monoisotopic (exact) mass is 1740 g/mol. The summed E-state index contributed by atoms with van der Waals surface area (Å²) >= 11 is -0.472. The number of benzene rings is 10. The Morgan fingerprint density at radius 1 is 0.515 bits per heavy atom. The van der Waals surface area contributed by atoms with Crippen LogP contribution in [0.25, 0.3) is 72.6 Å². The second-order valence-corrected chi connectivity index (χ2v) is 29.5. The number of halogens is 8. The molecule has 18 rings (SSSR count). The predicted molar refractivity (Wildman–Crippen MR) is 384 cm³/mol. The van der Waals surface area contributed by atoms with Gasteiger partial charge in [-0.15, -0.1) is 28.9 Å². The maximum absolute atomic E-state index is 10.7. The fraction of sp³-hybridized carbons (Fsp3) is 0.0800. The standard InChI is InChI=1S/C37H29BN5.C37H27BN5.CHO.2ClH.F6P.2Pt/c2*1-24-20-25(2)43(39-24)27-17-19-29-31-11-5-7-13-35(31)42-34-12-6-4-10-30(34)28-18-16-26(21-32(28)38(42)33(29)22-27)41-23-40(3)36-14-8-9-15-37(36)41;1-2;;;1-7(2,3,4,5)6;;/h4-23H,1-3H3;4-20,23H,1-3H3;1H;2*1H;;;/q+1;-3;-1;;;-1;;+2/p-2/i;;1D;;;;;. The third kappa shape index (κ3) is 12.9. The maximum Gasteiger partial charge on any atom is 0 e. The molecule has 504 valence electrons. The number of rotatable bonds is 4. The van der Waals surface area contributed by atoms with Crippen LogP contribution in [-0.2, 0) is 49.4 Å². The molecule has 0 bridgehead atoms. The van der Waals surface area contributed by atoms with Crippen molar-refractivity contribution < 1.29 is 73.5 Å². The summed E-state index contributed by atoms with van der Waals surface area (Å²) in [5.74, 6) is 0. The van der Waals surface area contributed by atoms with Crippen molar-refractivity contribution in [2.24, 2.45) is 7.05 Å². The Hall–Kier alpha value is -8.94. The van der Waals surface area contributed by atoms with Gasteiger partial charge in [0, 0.05) is 77.7 Å². The minimum atomic E-state index is -10.7. The molecule has 0 aliphatic carbocycles. The molecule has 0 N–H and O–H groups in total. The van der Waals surface area contributed by atoms with Crippen LogP contribution in [0.15, 0.2) is 225 Å². The third-order valence-electron chi connectivity index (χ3n) is 18.1. The summed E-state index contributed by atoms with van der Waals surface area (Å²) in [4.78, 5) is 17.8. The van der Waals surface area contributed by atoms with Gasteiger partial charge in [0.05, 0.1) is 24.1 Å². The Labute approximate surface area is 602 Å². The van der Waals surface area contributed by atoms with Crippen molar-refractivity contribution >= 4 is 120 Å². The van der Waals surface area contributed by atoms with Crippen LogP contribution in [0.5, 0.6) is 0 Å². The summed E-state index contributed by atoms with van der Waals surface area (Å²) in [7, 11) is 3.30. The van der Waals surface area contributed by atoms with E-state index in [4.69, 9.17) is 35.2 Å². The molecule has 99 heavy (non-hydrogen) atoms. The fourth-order valence-electron chi connectivity index (χ4n) is 14.5. The van der Waals surface area contributed by atoms with Crippen molar-refractivity contribution in [1.82, 2.24) is 24.1 Å². The Bertz CT molecular complexity index is 5370. The minimum Gasteiger partial charge on any atom is 0 e. The van der Waals surface area contributed by atoms with Gasteiger partial charge in [0.2, 0.25) is 6.33 Å². The number of aromatic nitrogens is 6. The van der Waals surface area contributed by atoms with E-state index < -0.39 is 24.3 Å². The molecule has 13 aromatic rings. The smallest absolute Gasteiger partial charge is 0 e. The second kappa shape index (κ2) is 26.0. The van der Waals surface area contributed by atoms with Gasteiger partial charge in [-0.3, -0.25) is 11.4 Å². The van der Waals surface area contributed by atoms with E-state index in [2.05, 4.69) is 312 Å². The van der Waals surface area contributed by atoms with E-state index in [0.29, 0.717) is 0 Å². The summed E-state index contributed by atoms with van der Waals surface area (Å²) < 4.78 is 73.2. The summed E-state index contributed by atoms with van der Waals surface area (Å²) in [6, 6.07) is 87.1. The number of imidazole rings is 1. The first-order valence-corrected chi connectivity index (χ1v) is 38.6. The van der Waals surface area contributed by atoms with Gasteiger partial charge in [0.1, 0.15) is 5.69 Å². The Morgan fingerprint density at radius 2 is 0.909 bits per heavy atom. The van der Waals surface area contributed by atoms with E-state index in [9.17, 15) is 25.2 Å². The van der Waals surface area contributed by atoms with E-state index >= 15 is 0 Å². The van der Waals surface area contributed by atoms with Crippen molar-refractivity contribution in [3.05, 3.63) is 266 Å². The number of nitrogens with zero attached hydrogens (tertiary/aromatic N) is 10. The summed E-state index contributed by atoms with van der Waals surface area (Å²) in [6.07, 6.45) is 2.19. The molecule has 0 atom stereocenters. The van der Waals surface area contributed by atoms with Crippen molar-refractivity contribution in [1.29, 1.82) is 0 Å². The van der Waals surface area contributed by atoms with Gasteiger partial charge in [0.25, 0.3) is 6.85 Å². The molecule has 5 aliphatic rings. The van der Waals surface area contributed by atoms with Gasteiger partial charge >= 0.3 is 75.2 Å². The van der Waals surface area contributed by atoms with Crippen molar-refractivity contribution in [3.8, 4) is 61.6 Å². The van der Waals surface area contributed by atoms with Crippen LogP contribution in [0, 0.1) is 46.5 Å². The van der Waals surface area contributed by atoms with Crippen LogP contribution in [0.2, 0.25) is 0 Å². The first-order chi connectivity index (χ1) is 47.4. The summed E-state index contributed by atoms with van der Waals surface area (Å²) in [6.45, 7) is 11.1. The molecule has 24 heteroatoms. The Morgan fingerprint density at radius 3 is 1.41 bits per heavy atom. The number of fused-ring (bicyclic) bond motifs is 24. The zero-order valence-electron chi connectivity index (χ0n) is 54.6. The number of carbonyl (C=O) groups excluding carboxylic acids is 1. The van der Waals surface area contributed by atoms with Gasteiger partial charge in [-0.25, -0.2) is 9.25 Å². The average molecular weight is 1740 g/mol. The van der Waals surface area contributed by atoms with Crippen LogP contribution in [0.4, 0.5) is 65.0 Å². The van der Waals surface area contributed by atoms with Gasteiger partial charge in [-0.1, -0.05) is 120 Å². The molecule has 5 aliphatic heterocycles. The Kier molecular flexibility index (Phi) is 17.6. The maximum atomic E-state index is 9.87. The fourth-order valence-corrected chi connectivity index (χ4v) is 14.5. The average Bonchev–Trinajstić information content (AvgIpc) is 0.815. The van der Waals surface area contributed by atoms with E-state index in [1.165, 1.54) is 94.9 Å². The first-order valence-electron chi connectivity index (χ1n) is 31.4. The van der Waals surface area contributed by atoms with Crippen LogP contribution in [0.1, 0.15) is 24.1 Å². The van der Waals surface area contributed by atoms with Crippen LogP contribution < -0.4 is 45.8 Å². The zero-order chi connectivity index (χ0) is 69.5. The summed E-state index contributed by atoms with van der Waals surface area (Å²) in [5, 5.41) is 9.64. The van der Waals surface area contributed by atoms with Crippen LogP contribution in [0.3, 0.4) is 0 Å². The molecule has 10 aromatic carbocycles. The SMILES string of the molecule is Cc1cc(C)n(-c2[c-]c3c(cc2)-c2ccccc2N2B3c3[c-]c(N4[CH-]N(C)c5ccccc54)ccc3-c3ccccc32)n1.Cc1cc(C)n(-c2ccc3c(c2)B2c4cc(-n5c[n+](C)c6ccccc65)ccc4-c4ccccc4N2c2ccccc2-3)n1.F[P-](F)(F)(F)(F)F.[2H][C-]=O.[Cl][Pt][Cl].[Pt]. The van der Waals surface area contributed by atoms with Crippen molar-refractivity contribution in [2.45, 2.75) is 27.7 Å². The van der Waals surface area contributed by atoms with E-state index in [-0.39, 0.29) is 34.8 Å². The molecule has 0 radical (unpaired) electrons. The number of hydrogen-bond donors (Lipinski definition) is 0. The molecule has 0 spiro atoms. The minimum absolute atomic E-state index is 0. The molecule has 0 fully saturated rings. The zero-order valence-corrected chi connectivity index (χ0v) is 60.5. The van der Waals surface area contributed by atoms with E-state index in [0.717, 1.165) is 68.9 Å². The molecule has 8 heterocycles. The quantitative estimate of drug-likeness (QED) is 0.0434. The molecular weight excluding hydrogens is 1680 g/mol. The number of para-hydroxylation sites is 8. The number of aryl methyl sites for hydroxylation is 5. The molecule has 0 saturated carbocycles. The second-order valence-electron chi connectivity index (χ2n) is 24.4. The van der Waals surface area contributed by atoms with Crippen molar-refractivity contribution in [3.63, 3.8) is 0 Å². The van der Waals surface area contributed by atoms with Crippen molar-refractivity contribution in [2.75, 3.05) is 26.5 Å². The van der Waals surface area contributed by atoms with E-state index in [1.54, 1.807) is 0 Å². The topological polar surface area (TPSA) is 74.5 Å². The molecule has 0 saturated heterocycles. The summed E-state index contributed by atoms with van der Waals surface area (Å²) in [5.41, 5.74) is 32.8. The Balaban J connectivity index is 0.000000152. The van der Waals surface area contributed by atoms with Crippen LogP contribution in [-0.4, -0.2) is 51.6 Å². The molecule has 0 amide bonds. The largest absolute Gasteiger partial charge is 0 e. The molecule has 0 unspecified atom stereocenters. The number of hydrogen-bond acceptors (Lipinski definition) is 7. The third-order valence-corrected chi connectivity index (χ3v) is 18.1.